The van der Waals surface area contributed by atoms with Crippen LogP contribution < -0.4 is 0 Å². The topological polar surface area (TPSA) is 75.9 Å². The standard InChI is InChI=1S/C22H23N3O4S/c1-16-20(23-21(30-16)18-8-5-13-28-18)22(27)29-15-19(26)25-11-9-24(10-12-25)14-17-6-3-2-4-7-17/h2-8,13H,9-12,14-15H2,1H3. The van der Waals surface area contributed by atoms with Crippen LogP contribution in [0.5, 0.6) is 0 Å². The number of furan rings is 1. The van der Waals surface area contributed by atoms with E-state index in [1.165, 1.54) is 16.9 Å². The van der Waals surface area contributed by atoms with Gasteiger partial charge in [0.1, 0.15) is 0 Å². The van der Waals surface area contributed by atoms with Gasteiger partial charge >= 0.3 is 5.97 Å². The summed E-state index contributed by atoms with van der Waals surface area (Å²) in [6.07, 6.45) is 1.56. The van der Waals surface area contributed by atoms with Gasteiger partial charge < -0.3 is 14.1 Å². The van der Waals surface area contributed by atoms with Crippen molar-refractivity contribution >= 4 is 23.2 Å². The summed E-state index contributed by atoms with van der Waals surface area (Å²) in [7, 11) is 0. The van der Waals surface area contributed by atoms with E-state index in [1.54, 1.807) is 30.2 Å². The lowest BCUT2D eigenvalue weighted by Gasteiger charge is -2.34. The van der Waals surface area contributed by atoms with E-state index >= 15 is 0 Å². The highest BCUT2D eigenvalue weighted by Crippen LogP contribution is 2.28. The lowest BCUT2D eigenvalue weighted by Crippen LogP contribution is -2.49. The number of esters is 1. The van der Waals surface area contributed by atoms with Crippen molar-refractivity contribution in [2.45, 2.75) is 13.5 Å². The van der Waals surface area contributed by atoms with E-state index in [9.17, 15) is 9.59 Å². The number of carbonyl (C=O) groups excluding carboxylic acids is 2. The highest BCUT2D eigenvalue weighted by atomic mass is 32.1. The molecule has 1 saturated heterocycles. The third-order valence-electron chi connectivity index (χ3n) is 5.02. The average molecular weight is 426 g/mol. The van der Waals surface area contributed by atoms with Crippen molar-refractivity contribution in [1.29, 1.82) is 0 Å². The Kier molecular flexibility index (Phi) is 6.25. The first-order valence-electron chi connectivity index (χ1n) is 9.82. The summed E-state index contributed by atoms with van der Waals surface area (Å²) in [6, 6.07) is 13.8. The molecular weight excluding hydrogens is 402 g/mol. The van der Waals surface area contributed by atoms with Crippen molar-refractivity contribution in [1.82, 2.24) is 14.8 Å². The lowest BCUT2D eigenvalue weighted by molar-refractivity contribution is -0.136. The minimum atomic E-state index is -0.586. The molecule has 1 fully saturated rings. The largest absolute Gasteiger partial charge is 0.462 e. The van der Waals surface area contributed by atoms with Gasteiger partial charge in [-0.2, -0.15) is 0 Å². The predicted molar refractivity (Wildman–Crippen MR) is 113 cm³/mol. The number of benzene rings is 1. The number of piperazine rings is 1. The van der Waals surface area contributed by atoms with Gasteiger partial charge in [0, 0.05) is 37.6 Å². The molecule has 7 nitrogen and oxygen atoms in total. The first kappa shape index (κ1) is 20.3. The van der Waals surface area contributed by atoms with E-state index in [2.05, 4.69) is 22.0 Å². The van der Waals surface area contributed by atoms with Crippen LogP contribution in [0.25, 0.3) is 10.8 Å². The third kappa shape index (κ3) is 4.77. The highest BCUT2D eigenvalue weighted by molar-refractivity contribution is 7.15. The van der Waals surface area contributed by atoms with Crippen LogP contribution in [0.4, 0.5) is 0 Å². The van der Waals surface area contributed by atoms with Gasteiger partial charge in [-0.15, -0.1) is 11.3 Å². The fourth-order valence-electron chi connectivity index (χ4n) is 3.38. The van der Waals surface area contributed by atoms with Gasteiger partial charge in [-0.25, -0.2) is 9.78 Å². The highest BCUT2D eigenvalue weighted by Gasteiger charge is 2.24. The first-order valence-corrected chi connectivity index (χ1v) is 10.6. The van der Waals surface area contributed by atoms with Crippen LogP contribution in [0, 0.1) is 6.92 Å². The Morgan fingerprint density at radius 3 is 2.57 bits per heavy atom. The summed E-state index contributed by atoms with van der Waals surface area (Å²) in [5, 5.41) is 0.616. The maximum absolute atomic E-state index is 12.5. The summed E-state index contributed by atoms with van der Waals surface area (Å²) in [5.41, 5.74) is 1.49. The summed E-state index contributed by atoms with van der Waals surface area (Å²) < 4.78 is 10.6. The van der Waals surface area contributed by atoms with Gasteiger partial charge in [0.15, 0.2) is 23.1 Å². The number of aromatic nitrogens is 1. The quantitative estimate of drug-likeness (QED) is 0.565. The molecule has 1 aliphatic heterocycles. The van der Waals surface area contributed by atoms with E-state index in [1.807, 2.05) is 18.2 Å². The molecule has 2 aromatic heterocycles. The van der Waals surface area contributed by atoms with Crippen molar-refractivity contribution in [3.8, 4) is 10.8 Å². The Bertz CT molecular complexity index is 993. The number of amides is 1. The summed E-state index contributed by atoms with van der Waals surface area (Å²) in [6.45, 7) is 5.25. The van der Waals surface area contributed by atoms with Gasteiger partial charge in [-0.1, -0.05) is 30.3 Å². The fraction of sp³-hybridized carbons (Fsp3) is 0.318. The van der Waals surface area contributed by atoms with E-state index < -0.39 is 5.97 Å². The number of hydrogen-bond donors (Lipinski definition) is 0. The molecule has 156 valence electrons. The molecule has 0 bridgehead atoms. The van der Waals surface area contributed by atoms with Crippen LogP contribution in [0.3, 0.4) is 0 Å². The van der Waals surface area contributed by atoms with Gasteiger partial charge in [0.05, 0.1) is 6.26 Å². The molecule has 3 aromatic rings. The summed E-state index contributed by atoms with van der Waals surface area (Å²) in [4.78, 5) is 34.0. The van der Waals surface area contributed by atoms with Crippen LogP contribution in [-0.2, 0) is 16.1 Å². The molecular formula is C22H23N3O4S. The predicted octanol–water partition coefficient (Wildman–Crippen LogP) is 3.21. The number of carbonyl (C=O) groups is 2. The monoisotopic (exact) mass is 425 g/mol. The Morgan fingerprint density at radius 2 is 1.87 bits per heavy atom. The second kappa shape index (κ2) is 9.23. The number of aryl methyl sites for hydroxylation is 1. The molecule has 3 heterocycles. The maximum Gasteiger partial charge on any atom is 0.358 e. The number of hydrogen-bond acceptors (Lipinski definition) is 7. The fourth-order valence-corrected chi connectivity index (χ4v) is 4.24. The van der Waals surface area contributed by atoms with Gasteiger partial charge in [-0.05, 0) is 24.6 Å². The summed E-state index contributed by atoms with van der Waals surface area (Å²) in [5.74, 6) is -0.161. The van der Waals surface area contributed by atoms with Crippen molar-refractivity contribution < 1.29 is 18.7 Å². The zero-order chi connectivity index (χ0) is 20.9. The molecule has 1 amide bonds. The molecule has 0 N–H and O–H groups in total. The van der Waals surface area contributed by atoms with Gasteiger partial charge in [0.2, 0.25) is 0 Å². The third-order valence-corrected chi connectivity index (χ3v) is 6.01. The van der Waals surface area contributed by atoms with Crippen LogP contribution in [0.15, 0.2) is 53.1 Å². The van der Waals surface area contributed by atoms with Crippen LogP contribution in [0.1, 0.15) is 20.9 Å². The van der Waals surface area contributed by atoms with E-state index in [4.69, 9.17) is 9.15 Å². The minimum absolute atomic E-state index is 0.179. The van der Waals surface area contributed by atoms with Crippen molar-refractivity contribution in [2.24, 2.45) is 0 Å². The first-order chi connectivity index (χ1) is 14.6. The maximum atomic E-state index is 12.5. The van der Waals surface area contributed by atoms with E-state index in [0.29, 0.717) is 23.9 Å². The number of nitrogens with zero attached hydrogens (tertiary/aromatic N) is 3. The molecule has 0 atom stereocenters. The molecule has 8 heteroatoms. The normalized spacial score (nSPS) is 14.6. The second-order valence-electron chi connectivity index (χ2n) is 7.12. The van der Waals surface area contributed by atoms with Crippen molar-refractivity contribution in [2.75, 3.05) is 32.8 Å². The Labute approximate surface area is 178 Å². The molecule has 30 heavy (non-hydrogen) atoms. The molecule has 1 aromatic carbocycles. The van der Waals surface area contributed by atoms with E-state index in [0.717, 1.165) is 24.5 Å². The molecule has 0 radical (unpaired) electrons. The zero-order valence-electron chi connectivity index (χ0n) is 16.7. The summed E-state index contributed by atoms with van der Waals surface area (Å²) >= 11 is 1.36. The van der Waals surface area contributed by atoms with Crippen LogP contribution >= 0.6 is 11.3 Å². The van der Waals surface area contributed by atoms with Gasteiger partial charge in [-0.3, -0.25) is 9.69 Å². The molecule has 1 aliphatic rings. The molecule has 0 unspecified atom stereocenters. The SMILES string of the molecule is Cc1sc(-c2ccco2)nc1C(=O)OCC(=O)N1CCN(Cc2ccccc2)CC1. The van der Waals surface area contributed by atoms with E-state index in [-0.39, 0.29) is 18.2 Å². The number of rotatable bonds is 6. The van der Waals surface area contributed by atoms with Crippen molar-refractivity contribution in [3.63, 3.8) is 0 Å². The Hall–Kier alpha value is -2.97. The smallest absolute Gasteiger partial charge is 0.358 e. The zero-order valence-corrected chi connectivity index (χ0v) is 17.6. The average Bonchev–Trinajstić information content (AvgIpc) is 3.43. The molecule has 0 saturated carbocycles. The lowest BCUT2D eigenvalue weighted by atomic mass is 10.2. The van der Waals surface area contributed by atoms with Crippen LogP contribution in [0.2, 0.25) is 0 Å². The van der Waals surface area contributed by atoms with Crippen molar-refractivity contribution in [3.05, 3.63) is 64.9 Å². The van der Waals surface area contributed by atoms with Gasteiger partial charge in [0.25, 0.3) is 5.91 Å². The molecule has 4 rings (SSSR count). The van der Waals surface area contributed by atoms with Crippen LogP contribution in [-0.4, -0.2) is 59.4 Å². The number of thiazole rings is 1. The second-order valence-corrected chi connectivity index (χ2v) is 8.32. The Morgan fingerprint density at radius 1 is 1.10 bits per heavy atom. The molecule has 0 spiro atoms. The number of ether oxygens (including phenoxy) is 1. The molecule has 0 aliphatic carbocycles. The minimum Gasteiger partial charge on any atom is -0.462 e. The Balaban J connectivity index is 1.25.